The van der Waals surface area contributed by atoms with Gasteiger partial charge >= 0.3 is 6.18 Å². The van der Waals surface area contributed by atoms with Crippen LogP contribution >= 0.6 is 0 Å². The van der Waals surface area contributed by atoms with Crippen molar-refractivity contribution in [1.29, 1.82) is 0 Å². The van der Waals surface area contributed by atoms with E-state index in [-0.39, 0.29) is 30.1 Å². The Kier molecular flexibility index (Phi) is 5.47. The minimum absolute atomic E-state index is 0.0291. The van der Waals surface area contributed by atoms with E-state index in [9.17, 15) is 18.0 Å². The van der Waals surface area contributed by atoms with Gasteiger partial charge in [0.25, 0.3) is 0 Å². The normalized spacial score (nSPS) is 18.2. The van der Waals surface area contributed by atoms with Gasteiger partial charge < -0.3 is 9.47 Å². The molecular formula is C23H21F3N2O3. The summed E-state index contributed by atoms with van der Waals surface area (Å²) in [4.78, 5) is 12.8. The van der Waals surface area contributed by atoms with Crippen molar-refractivity contribution in [2.75, 3.05) is 7.11 Å². The van der Waals surface area contributed by atoms with Crippen molar-refractivity contribution in [3.05, 3.63) is 71.4 Å². The average Bonchev–Trinajstić information content (AvgIpc) is 3.15. The number of hydrogen-bond acceptors (Lipinski definition) is 4. The van der Waals surface area contributed by atoms with Crippen LogP contribution < -0.4 is 9.47 Å². The van der Waals surface area contributed by atoms with Gasteiger partial charge in [-0.25, -0.2) is 4.68 Å². The van der Waals surface area contributed by atoms with Crippen molar-refractivity contribution in [1.82, 2.24) is 9.78 Å². The Hall–Kier alpha value is -3.29. The first-order valence-electron chi connectivity index (χ1n) is 9.87. The summed E-state index contributed by atoms with van der Waals surface area (Å²) >= 11 is 0. The molecule has 0 radical (unpaired) electrons. The summed E-state index contributed by atoms with van der Waals surface area (Å²) in [5.74, 6) is -0.0360. The van der Waals surface area contributed by atoms with E-state index in [0.717, 1.165) is 0 Å². The number of para-hydroxylation sites is 1. The molecule has 1 aromatic heterocycles. The van der Waals surface area contributed by atoms with Crippen molar-refractivity contribution in [3.63, 3.8) is 0 Å². The van der Waals surface area contributed by atoms with E-state index in [1.165, 1.54) is 11.8 Å². The van der Waals surface area contributed by atoms with E-state index >= 15 is 0 Å². The van der Waals surface area contributed by atoms with Gasteiger partial charge in [-0.05, 0) is 36.6 Å². The fourth-order valence-corrected chi connectivity index (χ4v) is 3.89. The van der Waals surface area contributed by atoms with Gasteiger partial charge in [-0.2, -0.15) is 18.3 Å². The van der Waals surface area contributed by atoms with Crippen molar-refractivity contribution in [2.24, 2.45) is 0 Å². The molecule has 8 heteroatoms. The first-order chi connectivity index (χ1) is 14.8. The Morgan fingerprint density at radius 3 is 2.61 bits per heavy atom. The highest BCUT2D eigenvalue weighted by atomic mass is 19.4. The van der Waals surface area contributed by atoms with Crippen molar-refractivity contribution in [2.45, 2.75) is 38.0 Å². The highest BCUT2D eigenvalue weighted by molar-refractivity contribution is 5.96. The highest BCUT2D eigenvalue weighted by Crippen LogP contribution is 2.45. The minimum atomic E-state index is -4.61. The van der Waals surface area contributed by atoms with Gasteiger partial charge in [-0.3, -0.25) is 4.79 Å². The number of ether oxygens (including phenoxy) is 2. The van der Waals surface area contributed by atoms with Gasteiger partial charge in [0.05, 0.1) is 12.8 Å². The molecule has 1 aliphatic heterocycles. The zero-order valence-corrected chi connectivity index (χ0v) is 17.0. The van der Waals surface area contributed by atoms with Crippen LogP contribution in [0.25, 0.3) is 5.69 Å². The molecule has 0 saturated carbocycles. The molecule has 0 unspecified atom stereocenters. The SMILES string of the molecule is COc1cccc(C(=O)C[C@@H]2C[C@@H](C)c3c(C(F)(F)F)nn(-c4ccccc4)c3O2)c1. The Morgan fingerprint density at radius 1 is 1.19 bits per heavy atom. The molecule has 0 spiro atoms. The smallest absolute Gasteiger partial charge is 0.435 e. The van der Waals surface area contributed by atoms with E-state index < -0.39 is 23.9 Å². The Morgan fingerprint density at radius 2 is 1.94 bits per heavy atom. The lowest BCUT2D eigenvalue weighted by atomic mass is 9.89. The first-order valence-corrected chi connectivity index (χ1v) is 9.87. The Balaban J connectivity index is 1.67. The number of benzene rings is 2. The second-order valence-corrected chi connectivity index (χ2v) is 7.55. The van der Waals surface area contributed by atoms with Crippen LogP contribution in [0.2, 0.25) is 0 Å². The molecule has 1 aliphatic rings. The van der Waals surface area contributed by atoms with Crippen LogP contribution in [0.1, 0.15) is 47.3 Å². The summed E-state index contributed by atoms with van der Waals surface area (Å²) in [7, 11) is 1.51. The van der Waals surface area contributed by atoms with E-state index in [1.807, 2.05) is 0 Å². The van der Waals surface area contributed by atoms with Gasteiger partial charge in [0, 0.05) is 17.5 Å². The van der Waals surface area contributed by atoms with Crippen LogP contribution in [-0.2, 0) is 6.18 Å². The number of ketones is 1. The van der Waals surface area contributed by atoms with Crippen LogP contribution in [0.4, 0.5) is 13.2 Å². The topological polar surface area (TPSA) is 53.3 Å². The third-order valence-electron chi connectivity index (χ3n) is 5.34. The third-order valence-corrected chi connectivity index (χ3v) is 5.34. The molecule has 0 saturated heterocycles. The number of hydrogen-bond donors (Lipinski definition) is 0. The van der Waals surface area contributed by atoms with Crippen LogP contribution in [-0.4, -0.2) is 28.8 Å². The minimum Gasteiger partial charge on any atom is -0.497 e. The van der Waals surface area contributed by atoms with E-state index in [4.69, 9.17) is 9.47 Å². The molecule has 4 rings (SSSR count). The van der Waals surface area contributed by atoms with E-state index in [1.54, 1.807) is 61.5 Å². The summed E-state index contributed by atoms with van der Waals surface area (Å²) in [6, 6.07) is 15.3. The predicted molar refractivity (Wildman–Crippen MR) is 108 cm³/mol. The van der Waals surface area contributed by atoms with Gasteiger partial charge in [-0.15, -0.1) is 0 Å². The first kappa shape index (κ1) is 21.0. The molecule has 2 heterocycles. The lowest BCUT2D eigenvalue weighted by Crippen LogP contribution is -2.28. The summed E-state index contributed by atoms with van der Waals surface area (Å²) in [6.45, 7) is 1.70. The maximum absolute atomic E-state index is 13.7. The number of halogens is 3. The molecular weight excluding hydrogens is 409 g/mol. The maximum Gasteiger partial charge on any atom is 0.435 e. The van der Waals surface area contributed by atoms with Gasteiger partial charge in [-0.1, -0.05) is 37.3 Å². The number of rotatable bonds is 5. The van der Waals surface area contributed by atoms with Gasteiger partial charge in [0.2, 0.25) is 5.88 Å². The highest BCUT2D eigenvalue weighted by Gasteiger charge is 2.44. The number of alkyl halides is 3. The van der Waals surface area contributed by atoms with Crippen molar-refractivity contribution < 1.29 is 27.4 Å². The molecule has 2 atom stereocenters. The molecule has 162 valence electrons. The number of carbonyl (C=O) groups excluding carboxylic acids is 1. The molecule has 0 fully saturated rings. The summed E-state index contributed by atoms with van der Waals surface area (Å²) in [6.07, 6.45) is -4.85. The van der Waals surface area contributed by atoms with Crippen molar-refractivity contribution in [3.8, 4) is 17.3 Å². The molecule has 0 bridgehead atoms. The molecule has 5 nitrogen and oxygen atoms in total. The molecule has 0 amide bonds. The second-order valence-electron chi connectivity index (χ2n) is 7.55. The number of carbonyl (C=O) groups is 1. The average molecular weight is 430 g/mol. The molecule has 0 aliphatic carbocycles. The van der Waals surface area contributed by atoms with Gasteiger partial charge in [0.15, 0.2) is 11.5 Å². The van der Waals surface area contributed by atoms with E-state index in [0.29, 0.717) is 17.0 Å². The maximum atomic E-state index is 13.7. The fourth-order valence-electron chi connectivity index (χ4n) is 3.89. The van der Waals surface area contributed by atoms with Crippen LogP contribution in [0.15, 0.2) is 54.6 Å². The Labute approximate surface area is 177 Å². The van der Waals surface area contributed by atoms with Crippen LogP contribution in [0.5, 0.6) is 11.6 Å². The zero-order valence-electron chi connectivity index (χ0n) is 17.0. The lowest BCUT2D eigenvalue weighted by Gasteiger charge is -2.29. The number of aromatic nitrogens is 2. The molecule has 2 aromatic carbocycles. The second kappa shape index (κ2) is 8.09. The quantitative estimate of drug-likeness (QED) is 0.507. The number of methoxy groups -OCH3 is 1. The summed E-state index contributed by atoms with van der Waals surface area (Å²) in [5, 5.41) is 3.84. The van der Waals surface area contributed by atoms with E-state index in [2.05, 4.69) is 5.10 Å². The fraction of sp³-hybridized carbons (Fsp3) is 0.304. The summed E-state index contributed by atoms with van der Waals surface area (Å²) < 4.78 is 53.3. The number of Topliss-reactive ketones (excluding diaryl/α,β-unsaturated/α-hetero) is 1. The van der Waals surface area contributed by atoms with Crippen LogP contribution in [0.3, 0.4) is 0 Å². The zero-order chi connectivity index (χ0) is 22.2. The lowest BCUT2D eigenvalue weighted by molar-refractivity contribution is -0.142. The molecule has 31 heavy (non-hydrogen) atoms. The standard InChI is InChI=1S/C23H21F3N2O3/c1-14-11-18(13-19(29)15-7-6-10-17(12-15)30-2)31-22-20(14)21(23(24,25)26)27-28(22)16-8-4-3-5-9-16/h3-10,12,14,18H,11,13H2,1-2H3/t14-,18+/m1/s1. The molecule has 0 N–H and O–H groups in total. The van der Waals surface area contributed by atoms with Crippen LogP contribution in [0, 0.1) is 0 Å². The van der Waals surface area contributed by atoms with Crippen molar-refractivity contribution >= 4 is 5.78 Å². The monoisotopic (exact) mass is 430 g/mol. The Bertz CT molecular complexity index is 1090. The molecule has 3 aromatic rings. The largest absolute Gasteiger partial charge is 0.497 e. The number of nitrogens with zero attached hydrogens (tertiary/aromatic N) is 2. The van der Waals surface area contributed by atoms with Gasteiger partial charge in [0.1, 0.15) is 11.9 Å². The predicted octanol–water partition coefficient (Wildman–Crippen LogP) is 5.43. The summed E-state index contributed by atoms with van der Waals surface area (Å²) in [5.41, 5.74) is 0.00743. The number of fused-ring (bicyclic) bond motifs is 1. The third kappa shape index (κ3) is 4.15.